The Labute approximate surface area is 162 Å². The molecule has 1 atom stereocenters. The Balaban J connectivity index is 2.17. The molecular formula is C23H31N3O. The van der Waals surface area contributed by atoms with Crippen molar-refractivity contribution < 1.29 is 4.74 Å². The molecule has 144 valence electrons. The third-order valence-corrected chi connectivity index (χ3v) is 5.24. The Hall–Kier alpha value is -2.20. The smallest absolute Gasteiger partial charge is 0.0917 e. The van der Waals surface area contributed by atoms with Gasteiger partial charge in [-0.2, -0.15) is 0 Å². The van der Waals surface area contributed by atoms with Crippen molar-refractivity contribution in [3.05, 3.63) is 46.9 Å². The molecule has 4 heteroatoms. The lowest BCUT2D eigenvalue weighted by atomic mass is 10.0. The number of ether oxygens (including phenoxy) is 1. The van der Waals surface area contributed by atoms with Crippen LogP contribution < -0.4 is 0 Å². The Morgan fingerprint density at radius 2 is 1.81 bits per heavy atom. The van der Waals surface area contributed by atoms with Crippen molar-refractivity contribution in [1.29, 1.82) is 0 Å². The van der Waals surface area contributed by atoms with Crippen LogP contribution in [-0.4, -0.2) is 28.3 Å². The highest BCUT2D eigenvalue weighted by Gasteiger charge is 2.17. The second-order valence-electron chi connectivity index (χ2n) is 7.78. The van der Waals surface area contributed by atoms with Crippen LogP contribution in [0.15, 0.2) is 24.4 Å². The van der Waals surface area contributed by atoms with E-state index in [1.165, 1.54) is 16.6 Å². The van der Waals surface area contributed by atoms with E-state index in [1.54, 1.807) is 7.11 Å². The second-order valence-corrected chi connectivity index (χ2v) is 7.78. The van der Waals surface area contributed by atoms with Crippen LogP contribution >= 0.6 is 0 Å². The highest BCUT2D eigenvalue weighted by molar-refractivity contribution is 5.84. The average molecular weight is 366 g/mol. The summed E-state index contributed by atoms with van der Waals surface area (Å²) >= 11 is 0. The lowest BCUT2D eigenvalue weighted by Crippen LogP contribution is -2.10. The number of methoxy groups -OCH3 is 1. The maximum absolute atomic E-state index is 5.35. The van der Waals surface area contributed by atoms with Crippen LogP contribution in [0.5, 0.6) is 0 Å². The molecule has 0 aromatic carbocycles. The number of nitrogens with zero attached hydrogens (tertiary/aromatic N) is 3. The zero-order valence-corrected chi connectivity index (χ0v) is 17.6. The molecule has 0 saturated heterocycles. The van der Waals surface area contributed by atoms with Crippen LogP contribution in [0.4, 0.5) is 0 Å². The van der Waals surface area contributed by atoms with E-state index >= 15 is 0 Å². The quantitative estimate of drug-likeness (QED) is 0.570. The van der Waals surface area contributed by atoms with E-state index in [0.29, 0.717) is 12.5 Å². The predicted octanol–water partition coefficient (Wildman–Crippen LogP) is 5.61. The fraction of sp³-hybridized carbons (Fsp3) is 0.478. The SMILES string of the molecule is CCc1nc(C(C)C)ccc1-c1nc2c(C)cn([C@@H](C)COC)c2cc1C. The minimum atomic E-state index is 0.274. The molecule has 3 heterocycles. The summed E-state index contributed by atoms with van der Waals surface area (Å²) in [6.45, 7) is 13.7. The van der Waals surface area contributed by atoms with E-state index in [-0.39, 0.29) is 6.04 Å². The Bertz CT molecular complexity index is 956. The molecule has 0 unspecified atom stereocenters. The summed E-state index contributed by atoms with van der Waals surface area (Å²) in [6, 6.07) is 6.87. The van der Waals surface area contributed by atoms with E-state index in [1.807, 2.05) is 0 Å². The second kappa shape index (κ2) is 7.81. The molecule has 3 aromatic heterocycles. The topological polar surface area (TPSA) is 39.9 Å². The van der Waals surface area contributed by atoms with Crippen LogP contribution in [0.25, 0.3) is 22.3 Å². The molecule has 3 aromatic rings. The number of hydrogen-bond acceptors (Lipinski definition) is 3. The van der Waals surface area contributed by atoms with Crippen LogP contribution in [0.3, 0.4) is 0 Å². The standard InChI is InChI=1S/C23H31N3O/c1-8-19-18(9-10-20(24-19)14(2)3)22-15(4)11-21-23(25-22)16(5)12-26(21)17(6)13-27-7/h9-12,14,17H,8,13H2,1-7H3/t17-/m0/s1. The minimum absolute atomic E-state index is 0.274. The molecule has 0 amide bonds. The summed E-state index contributed by atoms with van der Waals surface area (Å²) in [5.74, 6) is 0.430. The lowest BCUT2D eigenvalue weighted by molar-refractivity contribution is 0.164. The van der Waals surface area contributed by atoms with Crippen LogP contribution in [0.2, 0.25) is 0 Å². The molecule has 3 rings (SSSR count). The van der Waals surface area contributed by atoms with Crippen molar-refractivity contribution in [2.24, 2.45) is 0 Å². The number of aryl methyl sites for hydroxylation is 3. The monoisotopic (exact) mass is 365 g/mol. The molecule has 27 heavy (non-hydrogen) atoms. The molecule has 0 spiro atoms. The fourth-order valence-corrected chi connectivity index (χ4v) is 3.71. The van der Waals surface area contributed by atoms with E-state index in [0.717, 1.165) is 34.6 Å². The van der Waals surface area contributed by atoms with Gasteiger partial charge in [0.1, 0.15) is 0 Å². The molecule has 0 aliphatic carbocycles. The van der Waals surface area contributed by atoms with Gasteiger partial charge in [-0.25, -0.2) is 4.98 Å². The zero-order valence-electron chi connectivity index (χ0n) is 17.6. The van der Waals surface area contributed by atoms with E-state index in [4.69, 9.17) is 14.7 Å². The van der Waals surface area contributed by atoms with Gasteiger partial charge in [-0.3, -0.25) is 4.98 Å². The number of aromatic nitrogens is 3. The van der Waals surface area contributed by atoms with Gasteiger partial charge in [0, 0.05) is 30.3 Å². The molecule has 0 radical (unpaired) electrons. The van der Waals surface area contributed by atoms with Crippen molar-refractivity contribution in [3.8, 4) is 11.3 Å². The van der Waals surface area contributed by atoms with Crippen molar-refractivity contribution in [2.45, 2.75) is 59.9 Å². The number of fused-ring (bicyclic) bond motifs is 1. The van der Waals surface area contributed by atoms with Gasteiger partial charge in [0.25, 0.3) is 0 Å². The van der Waals surface area contributed by atoms with Gasteiger partial charge in [-0.05, 0) is 62.4 Å². The van der Waals surface area contributed by atoms with Crippen LogP contribution in [-0.2, 0) is 11.2 Å². The maximum atomic E-state index is 5.35. The largest absolute Gasteiger partial charge is 0.383 e. The third-order valence-electron chi connectivity index (χ3n) is 5.24. The van der Waals surface area contributed by atoms with Gasteiger partial charge in [0.05, 0.1) is 29.4 Å². The highest BCUT2D eigenvalue weighted by Crippen LogP contribution is 2.31. The van der Waals surface area contributed by atoms with Gasteiger partial charge >= 0.3 is 0 Å². The summed E-state index contributed by atoms with van der Waals surface area (Å²) in [7, 11) is 1.75. The van der Waals surface area contributed by atoms with Gasteiger partial charge in [0.2, 0.25) is 0 Å². The summed E-state index contributed by atoms with van der Waals surface area (Å²) in [5.41, 5.74) is 9.07. The molecule has 0 aliphatic rings. The Kier molecular flexibility index (Phi) is 5.66. The first-order chi connectivity index (χ1) is 12.9. The van der Waals surface area contributed by atoms with E-state index < -0.39 is 0 Å². The lowest BCUT2D eigenvalue weighted by Gasteiger charge is -2.16. The Morgan fingerprint density at radius 1 is 1.07 bits per heavy atom. The maximum Gasteiger partial charge on any atom is 0.0917 e. The summed E-state index contributed by atoms with van der Waals surface area (Å²) in [4.78, 5) is 10.00. The Morgan fingerprint density at radius 3 is 2.44 bits per heavy atom. The normalized spacial score (nSPS) is 12.9. The number of pyridine rings is 2. The first-order valence-corrected chi connectivity index (χ1v) is 9.85. The zero-order chi connectivity index (χ0) is 19.7. The third kappa shape index (κ3) is 3.63. The molecule has 0 bridgehead atoms. The van der Waals surface area contributed by atoms with Gasteiger partial charge in [-0.1, -0.05) is 20.8 Å². The summed E-state index contributed by atoms with van der Waals surface area (Å²) in [6.07, 6.45) is 3.09. The number of rotatable bonds is 6. The molecule has 0 fully saturated rings. The van der Waals surface area contributed by atoms with Crippen LogP contribution in [0, 0.1) is 13.8 Å². The first-order valence-electron chi connectivity index (χ1n) is 9.85. The molecule has 0 aliphatic heterocycles. The van der Waals surface area contributed by atoms with E-state index in [9.17, 15) is 0 Å². The van der Waals surface area contributed by atoms with Crippen molar-refractivity contribution in [1.82, 2.24) is 14.5 Å². The van der Waals surface area contributed by atoms with Gasteiger partial charge in [-0.15, -0.1) is 0 Å². The van der Waals surface area contributed by atoms with Crippen LogP contribution in [0.1, 0.15) is 62.2 Å². The molecule has 0 saturated carbocycles. The van der Waals surface area contributed by atoms with Crippen molar-refractivity contribution in [2.75, 3.05) is 13.7 Å². The number of hydrogen-bond donors (Lipinski definition) is 0. The minimum Gasteiger partial charge on any atom is -0.383 e. The summed E-state index contributed by atoms with van der Waals surface area (Å²) < 4.78 is 7.63. The average Bonchev–Trinajstić information content (AvgIpc) is 2.96. The molecule has 4 nitrogen and oxygen atoms in total. The van der Waals surface area contributed by atoms with Crippen molar-refractivity contribution >= 4 is 11.0 Å². The van der Waals surface area contributed by atoms with Crippen molar-refractivity contribution in [3.63, 3.8) is 0 Å². The highest BCUT2D eigenvalue weighted by atomic mass is 16.5. The fourth-order valence-electron chi connectivity index (χ4n) is 3.71. The van der Waals surface area contributed by atoms with Gasteiger partial charge < -0.3 is 9.30 Å². The first kappa shape index (κ1) is 19.6. The molecular weight excluding hydrogens is 334 g/mol. The predicted molar refractivity (Wildman–Crippen MR) is 112 cm³/mol. The van der Waals surface area contributed by atoms with E-state index in [2.05, 4.69) is 70.5 Å². The summed E-state index contributed by atoms with van der Waals surface area (Å²) in [5, 5.41) is 0. The molecule has 0 N–H and O–H groups in total. The van der Waals surface area contributed by atoms with Gasteiger partial charge in [0.15, 0.2) is 0 Å².